The van der Waals surface area contributed by atoms with Gasteiger partial charge in [0.2, 0.25) is 6.61 Å². The van der Waals surface area contributed by atoms with Crippen molar-refractivity contribution in [1.29, 1.82) is 0 Å². The first kappa shape index (κ1) is 24.2. The van der Waals surface area contributed by atoms with Crippen molar-refractivity contribution in [3.63, 3.8) is 0 Å². The van der Waals surface area contributed by atoms with Gasteiger partial charge in [0.05, 0.1) is 5.71 Å². The van der Waals surface area contributed by atoms with E-state index in [-0.39, 0.29) is 29.6 Å². The van der Waals surface area contributed by atoms with Crippen molar-refractivity contribution in [2.24, 2.45) is 39.7 Å². The number of fused-ring (bicyclic) bond motifs is 5. The second-order valence-electron chi connectivity index (χ2n) is 11.7. The highest BCUT2D eigenvalue weighted by Crippen LogP contribution is 2.66. The molecule has 3 saturated carbocycles. The van der Waals surface area contributed by atoms with Gasteiger partial charge in [0.1, 0.15) is 5.78 Å². The Morgan fingerprint density at radius 1 is 1.00 bits per heavy atom. The van der Waals surface area contributed by atoms with Crippen molar-refractivity contribution in [2.75, 3.05) is 6.61 Å². The summed E-state index contributed by atoms with van der Waals surface area (Å²) in [6, 6.07) is 0. The lowest BCUT2D eigenvalue weighted by molar-refractivity contribution is -0.200. The van der Waals surface area contributed by atoms with Gasteiger partial charge >= 0.3 is 5.97 Å². The first-order valence-corrected chi connectivity index (χ1v) is 13.1. The minimum Gasteiger partial charge on any atom is -0.383 e. The number of carbonyl (C=O) groups excluding carboxylic acids is 4. The molecule has 0 bridgehead atoms. The number of carbonyl (C=O) groups is 4. The summed E-state index contributed by atoms with van der Waals surface area (Å²) in [5, 5.41) is 4.69. The first-order chi connectivity index (χ1) is 16.6. The number of hydroxylamine groups is 2. The molecule has 2 amide bonds. The van der Waals surface area contributed by atoms with Gasteiger partial charge in [-0.3, -0.25) is 14.4 Å². The van der Waals surface area contributed by atoms with E-state index in [1.807, 2.05) is 0 Å². The normalized spacial score (nSPS) is 39.6. The number of oxime groups is 1. The molecule has 0 aromatic carbocycles. The molecule has 0 N–H and O–H groups in total. The number of hydrogen-bond acceptors (Lipinski definition) is 7. The summed E-state index contributed by atoms with van der Waals surface area (Å²) in [4.78, 5) is 57.5. The summed E-state index contributed by atoms with van der Waals surface area (Å²) < 4.78 is 0. The predicted molar refractivity (Wildman–Crippen MR) is 126 cm³/mol. The summed E-state index contributed by atoms with van der Waals surface area (Å²) in [6.07, 6.45) is 10.8. The van der Waals surface area contributed by atoms with E-state index in [2.05, 4.69) is 25.1 Å². The Bertz CT molecular complexity index is 1000. The Balaban J connectivity index is 1.22. The van der Waals surface area contributed by atoms with Crippen molar-refractivity contribution in [3.05, 3.63) is 11.6 Å². The monoisotopic (exact) mass is 484 g/mol. The second kappa shape index (κ2) is 8.86. The summed E-state index contributed by atoms with van der Waals surface area (Å²) in [5.74, 6) is 0.716. The standard InChI is InChI=1S/C27H36N2O6/c1-16(30)20-6-7-21-19-5-4-17-14-18(10-12-26(17,2)22(19)11-13-27(20,21)3)28-34-15-25(33)35-29-23(31)8-9-24(29)32/h14,19-22H,4-13,15H2,1-3H3/b28-18+/t19?,20?,21?,22?,26-,27+/m0/s1. The van der Waals surface area contributed by atoms with Gasteiger partial charge in [-0.25, -0.2) is 4.79 Å². The van der Waals surface area contributed by atoms with Crippen molar-refractivity contribution in [1.82, 2.24) is 5.06 Å². The molecule has 0 aromatic heterocycles. The van der Waals surface area contributed by atoms with Gasteiger partial charge in [-0.05, 0) is 93.0 Å². The molecule has 0 radical (unpaired) electrons. The van der Waals surface area contributed by atoms with Gasteiger partial charge in [-0.15, -0.1) is 5.06 Å². The van der Waals surface area contributed by atoms with Gasteiger partial charge in [0, 0.05) is 18.8 Å². The van der Waals surface area contributed by atoms with Crippen LogP contribution in [-0.4, -0.2) is 40.9 Å². The molecule has 4 fully saturated rings. The van der Waals surface area contributed by atoms with Crippen LogP contribution in [0.4, 0.5) is 0 Å². The van der Waals surface area contributed by atoms with Gasteiger partial charge in [0.25, 0.3) is 11.8 Å². The Hall–Kier alpha value is -2.51. The summed E-state index contributed by atoms with van der Waals surface area (Å²) >= 11 is 0. The highest BCUT2D eigenvalue weighted by atomic mass is 16.7. The third-order valence-electron chi connectivity index (χ3n) is 10.0. The number of ketones is 1. The highest BCUT2D eigenvalue weighted by molar-refractivity contribution is 6.01. The highest BCUT2D eigenvalue weighted by Gasteiger charge is 2.59. The molecule has 1 aliphatic heterocycles. The van der Waals surface area contributed by atoms with Crippen LogP contribution >= 0.6 is 0 Å². The van der Waals surface area contributed by atoms with Crippen molar-refractivity contribution in [3.8, 4) is 0 Å². The molecule has 5 rings (SSSR count). The molecule has 4 unspecified atom stereocenters. The summed E-state index contributed by atoms with van der Waals surface area (Å²) in [7, 11) is 0. The number of amides is 2. The molecule has 1 heterocycles. The van der Waals surface area contributed by atoms with Crippen LogP contribution in [0.3, 0.4) is 0 Å². The molecule has 5 aliphatic rings. The van der Waals surface area contributed by atoms with Gasteiger partial charge in [-0.2, -0.15) is 0 Å². The van der Waals surface area contributed by atoms with E-state index >= 15 is 0 Å². The molecule has 190 valence electrons. The third-order valence-corrected chi connectivity index (χ3v) is 10.0. The first-order valence-electron chi connectivity index (χ1n) is 13.1. The van der Waals surface area contributed by atoms with Crippen molar-refractivity contribution >= 4 is 29.3 Å². The minimum atomic E-state index is -0.822. The number of nitrogens with zero attached hydrogens (tertiary/aromatic N) is 2. The fraction of sp³-hybridized carbons (Fsp3) is 0.741. The zero-order valence-electron chi connectivity index (χ0n) is 21.0. The molecular formula is C27H36N2O6. The number of Topliss-reactive ketones (excluding diaryl/α,β-unsaturated/α-hetero) is 1. The van der Waals surface area contributed by atoms with Gasteiger partial charge in [0.15, 0.2) is 0 Å². The van der Waals surface area contributed by atoms with E-state index in [9.17, 15) is 19.2 Å². The van der Waals surface area contributed by atoms with Crippen LogP contribution in [0.1, 0.15) is 85.0 Å². The zero-order chi connectivity index (χ0) is 25.0. The van der Waals surface area contributed by atoms with E-state index in [4.69, 9.17) is 9.68 Å². The van der Waals surface area contributed by atoms with Crippen LogP contribution in [0.15, 0.2) is 16.8 Å². The van der Waals surface area contributed by atoms with Crippen LogP contribution in [0.25, 0.3) is 0 Å². The lowest BCUT2D eigenvalue weighted by Crippen LogP contribution is -2.51. The minimum absolute atomic E-state index is 0.0563. The van der Waals surface area contributed by atoms with Crippen molar-refractivity contribution in [2.45, 2.75) is 85.0 Å². The average Bonchev–Trinajstić information content (AvgIpc) is 3.33. The Labute approximate surface area is 206 Å². The Morgan fingerprint density at radius 3 is 2.46 bits per heavy atom. The fourth-order valence-electron chi connectivity index (χ4n) is 8.26. The maximum atomic E-state index is 12.3. The molecule has 8 nitrogen and oxygen atoms in total. The third kappa shape index (κ3) is 4.02. The lowest BCUT2D eigenvalue weighted by atomic mass is 9.46. The fourth-order valence-corrected chi connectivity index (χ4v) is 8.26. The number of rotatable bonds is 5. The van der Waals surface area contributed by atoms with Crippen LogP contribution in [0, 0.1) is 34.5 Å². The van der Waals surface area contributed by atoms with Crippen LogP contribution in [0.5, 0.6) is 0 Å². The average molecular weight is 485 g/mol. The molecule has 8 heteroatoms. The predicted octanol–water partition coefficient (Wildman–Crippen LogP) is 4.13. The smallest absolute Gasteiger partial charge is 0.373 e. The van der Waals surface area contributed by atoms with Gasteiger partial charge < -0.3 is 9.68 Å². The summed E-state index contributed by atoms with van der Waals surface area (Å²) in [5.41, 5.74) is 2.55. The largest absolute Gasteiger partial charge is 0.383 e. The quantitative estimate of drug-likeness (QED) is 0.429. The Kier molecular flexibility index (Phi) is 6.12. The van der Waals surface area contributed by atoms with Crippen LogP contribution < -0.4 is 0 Å². The lowest BCUT2D eigenvalue weighted by Gasteiger charge is -2.58. The van der Waals surface area contributed by atoms with E-state index in [1.54, 1.807) is 6.92 Å². The van der Waals surface area contributed by atoms with E-state index < -0.39 is 24.4 Å². The number of hydrogen-bond donors (Lipinski definition) is 0. The topological polar surface area (TPSA) is 102 Å². The molecule has 0 aromatic rings. The van der Waals surface area contributed by atoms with Crippen LogP contribution in [-0.2, 0) is 28.9 Å². The number of imide groups is 1. The zero-order valence-corrected chi connectivity index (χ0v) is 21.0. The molecule has 35 heavy (non-hydrogen) atoms. The van der Waals surface area contributed by atoms with E-state index in [1.165, 1.54) is 18.4 Å². The Morgan fingerprint density at radius 2 is 1.74 bits per heavy atom. The molecule has 1 saturated heterocycles. The van der Waals surface area contributed by atoms with E-state index in [0.717, 1.165) is 44.2 Å². The molecule has 0 spiro atoms. The maximum Gasteiger partial charge on any atom is 0.373 e. The maximum absolute atomic E-state index is 12.3. The summed E-state index contributed by atoms with van der Waals surface area (Å²) in [6.45, 7) is 6.12. The molecular weight excluding hydrogens is 448 g/mol. The number of allylic oxidation sites excluding steroid dienone is 2. The van der Waals surface area contributed by atoms with Crippen LogP contribution in [0.2, 0.25) is 0 Å². The van der Waals surface area contributed by atoms with Crippen molar-refractivity contribution < 1.29 is 28.9 Å². The second-order valence-corrected chi connectivity index (χ2v) is 11.7. The van der Waals surface area contributed by atoms with E-state index in [0.29, 0.717) is 28.6 Å². The molecule has 6 atom stereocenters. The SMILES string of the molecule is CC(=O)C1CCC2C3CCC4=C/C(=N/OCC(=O)ON5C(=O)CCC5=O)CC[C@]4(C)C3CC[C@]12C. The molecule has 4 aliphatic carbocycles. The van der Waals surface area contributed by atoms with Gasteiger partial charge in [-0.1, -0.05) is 24.6 Å².